The summed E-state index contributed by atoms with van der Waals surface area (Å²) in [5, 5.41) is 0. The Morgan fingerprint density at radius 2 is 1.47 bits per heavy atom. The molecule has 0 spiro atoms. The number of alkyl halides is 3. The van der Waals surface area contributed by atoms with Crippen LogP contribution in [-0.2, 0) is 11.0 Å². The zero-order valence-corrected chi connectivity index (χ0v) is 19.1. The largest absolute Gasteiger partial charge is 0.418 e. The molecule has 0 bridgehead atoms. The number of hydrogen-bond donors (Lipinski definition) is 0. The molecule has 1 aliphatic carbocycles. The average molecular weight is 471 g/mol. The van der Waals surface area contributed by atoms with Crippen molar-refractivity contribution >= 4 is 17.4 Å². The fraction of sp³-hybridized carbons (Fsp3) is 0.407. The van der Waals surface area contributed by atoms with Crippen LogP contribution in [0.4, 0.5) is 18.9 Å². The van der Waals surface area contributed by atoms with Gasteiger partial charge in [-0.05, 0) is 42.5 Å². The molecule has 1 saturated heterocycles. The maximum Gasteiger partial charge on any atom is 0.418 e. The Labute approximate surface area is 198 Å². The summed E-state index contributed by atoms with van der Waals surface area (Å²) in [5.74, 6) is 0.0222. The smallest absolute Gasteiger partial charge is 0.367 e. The highest BCUT2D eigenvalue weighted by Crippen LogP contribution is 2.37. The Balaban J connectivity index is 1.32. The first-order valence-corrected chi connectivity index (χ1v) is 11.9. The minimum atomic E-state index is -4.43. The number of piperazine rings is 1. The number of halogens is 3. The van der Waals surface area contributed by atoms with Crippen molar-refractivity contribution in [2.75, 3.05) is 31.1 Å². The number of carbonyl (C=O) groups excluding carboxylic acids is 2. The van der Waals surface area contributed by atoms with E-state index in [1.165, 1.54) is 62.0 Å². The van der Waals surface area contributed by atoms with Gasteiger partial charge in [0.25, 0.3) is 0 Å². The Morgan fingerprint density at radius 3 is 2.12 bits per heavy atom. The van der Waals surface area contributed by atoms with Gasteiger partial charge in [-0.2, -0.15) is 13.2 Å². The molecule has 2 aromatic carbocycles. The molecular weight excluding hydrogens is 441 g/mol. The van der Waals surface area contributed by atoms with Gasteiger partial charge < -0.3 is 9.80 Å². The van der Waals surface area contributed by atoms with Crippen molar-refractivity contribution < 1.29 is 22.8 Å². The lowest BCUT2D eigenvalue weighted by molar-refractivity contribution is -0.137. The molecule has 4 rings (SSSR count). The molecule has 2 aliphatic rings. The SMILES string of the molecule is O=C(/C=C/C(=O)N1CCN(c2ccccc2C(F)(F)F)CC1)c1ccc(C2CCCCC2)cc1. The van der Waals surface area contributed by atoms with Crippen molar-refractivity contribution in [3.8, 4) is 0 Å². The van der Waals surface area contributed by atoms with E-state index < -0.39 is 11.7 Å². The number of nitrogens with zero attached hydrogens (tertiary/aromatic N) is 2. The van der Waals surface area contributed by atoms with E-state index in [-0.39, 0.29) is 17.4 Å². The summed E-state index contributed by atoms with van der Waals surface area (Å²) in [5.41, 5.74) is 1.26. The molecule has 34 heavy (non-hydrogen) atoms. The van der Waals surface area contributed by atoms with Gasteiger partial charge in [-0.1, -0.05) is 55.7 Å². The van der Waals surface area contributed by atoms with Crippen LogP contribution >= 0.6 is 0 Å². The van der Waals surface area contributed by atoms with E-state index in [1.807, 2.05) is 24.3 Å². The molecule has 1 heterocycles. The van der Waals surface area contributed by atoms with Crippen molar-refractivity contribution in [1.82, 2.24) is 4.90 Å². The maximum atomic E-state index is 13.3. The van der Waals surface area contributed by atoms with E-state index in [0.29, 0.717) is 37.7 Å². The number of allylic oxidation sites excluding steroid dienone is 1. The molecule has 0 radical (unpaired) electrons. The molecule has 0 N–H and O–H groups in total. The number of anilines is 1. The zero-order valence-electron chi connectivity index (χ0n) is 19.1. The third kappa shape index (κ3) is 5.69. The van der Waals surface area contributed by atoms with Crippen molar-refractivity contribution in [2.45, 2.75) is 44.2 Å². The highest BCUT2D eigenvalue weighted by atomic mass is 19.4. The first kappa shape index (κ1) is 24.0. The topological polar surface area (TPSA) is 40.6 Å². The molecule has 4 nitrogen and oxygen atoms in total. The Hall–Kier alpha value is -3.09. The predicted molar refractivity (Wildman–Crippen MR) is 126 cm³/mol. The van der Waals surface area contributed by atoms with E-state index in [1.54, 1.807) is 15.9 Å². The quantitative estimate of drug-likeness (QED) is 0.407. The van der Waals surface area contributed by atoms with E-state index in [4.69, 9.17) is 0 Å². The number of rotatable bonds is 5. The molecule has 2 fully saturated rings. The summed E-state index contributed by atoms with van der Waals surface area (Å²) in [6.45, 7) is 1.17. The fourth-order valence-corrected chi connectivity index (χ4v) is 4.86. The van der Waals surface area contributed by atoms with Crippen LogP contribution in [0.3, 0.4) is 0 Å². The van der Waals surface area contributed by atoms with Gasteiger partial charge in [-0.15, -0.1) is 0 Å². The highest BCUT2D eigenvalue weighted by Gasteiger charge is 2.35. The standard InChI is InChI=1S/C27H29F3N2O2/c28-27(29,30)23-8-4-5-9-24(23)31-16-18-32(19-17-31)26(34)15-14-25(33)22-12-10-21(11-13-22)20-6-2-1-3-7-20/h4-5,8-15,20H,1-3,6-7,16-19H2/b15-14+. The minimum Gasteiger partial charge on any atom is -0.367 e. The lowest BCUT2D eigenvalue weighted by Gasteiger charge is -2.36. The molecule has 0 aromatic heterocycles. The van der Waals surface area contributed by atoms with Gasteiger partial charge in [-0.25, -0.2) is 0 Å². The van der Waals surface area contributed by atoms with Gasteiger partial charge in [0, 0.05) is 43.5 Å². The molecule has 1 aliphatic heterocycles. The van der Waals surface area contributed by atoms with Gasteiger partial charge >= 0.3 is 6.18 Å². The van der Waals surface area contributed by atoms with Gasteiger partial charge in [0.15, 0.2) is 5.78 Å². The number of amides is 1. The van der Waals surface area contributed by atoms with Crippen LogP contribution < -0.4 is 4.90 Å². The maximum absolute atomic E-state index is 13.3. The zero-order chi connectivity index (χ0) is 24.1. The third-order valence-corrected chi connectivity index (χ3v) is 6.79. The van der Waals surface area contributed by atoms with Crippen molar-refractivity contribution in [2.24, 2.45) is 0 Å². The summed E-state index contributed by atoms with van der Waals surface area (Å²) >= 11 is 0. The first-order valence-electron chi connectivity index (χ1n) is 11.9. The monoisotopic (exact) mass is 470 g/mol. The van der Waals surface area contributed by atoms with Crippen LogP contribution in [0.2, 0.25) is 0 Å². The third-order valence-electron chi connectivity index (χ3n) is 6.79. The molecule has 180 valence electrons. The molecule has 1 amide bonds. The van der Waals surface area contributed by atoms with Crippen molar-refractivity contribution in [1.29, 1.82) is 0 Å². The van der Waals surface area contributed by atoms with Crippen LogP contribution in [0.25, 0.3) is 0 Å². The summed E-state index contributed by atoms with van der Waals surface area (Å²) in [6.07, 6.45) is 4.29. The second-order valence-electron chi connectivity index (χ2n) is 8.98. The van der Waals surface area contributed by atoms with Crippen molar-refractivity contribution in [3.05, 3.63) is 77.4 Å². The van der Waals surface area contributed by atoms with E-state index in [9.17, 15) is 22.8 Å². The number of hydrogen-bond acceptors (Lipinski definition) is 3. The number of para-hydroxylation sites is 1. The molecule has 2 aromatic rings. The fourth-order valence-electron chi connectivity index (χ4n) is 4.86. The van der Waals surface area contributed by atoms with Gasteiger partial charge in [-0.3, -0.25) is 9.59 Å². The van der Waals surface area contributed by atoms with Crippen LogP contribution in [0.15, 0.2) is 60.7 Å². The molecular formula is C27H29F3N2O2. The normalized spacial score (nSPS) is 17.9. The number of benzene rings is 2. The van der Waals surface area contributed by atoms with Crippen LogP contribution in [-0.4, -0.2) is 42.8 Å². The summed E-state index contributed by atoms with van der Waals surface area (Å²) in [6, 6.07) is 13.1. The lowest BCUT2D eigenvalue weighted by Crippen LogP contribution is -2.48. The second-order valence-corrected chi connectivity index (χ2v) is 8.98. The summed E-state index contributed by atoms with van der Waals surface area (Å²) in [7, 11) is 0. The van der Waals surface area contributed by atoms with E-state index >= 15 is 0 Å². The summed E-state index contributed by atoms with van der Waals surface area (Å²) < 4.78 is 39.9. The Kier molecular flexibility index (Phi) is 7.39. The van der Waals surface area contributed by atoms with E-state index in [0.717, 1.165) is 6.07 Å². The van der Waals surface area contributed by atoms with Crippen molar-refractivity contribution in [3.63, 3.8) is 0 Å². The average Bonchev–Trinajstić information content (AvgIpc) is 2.87. The predicted octanol–water partition coefficient (Wildman–Crippen LogP) is 5.84. The van der Waals surface area contributed by atoms with Gasteiger partial charge in [0.1, 0.15) is 0 Å². The van der Waals surface area contributed by atoms with Gasteiger partial charge in [0.2, 0.25) is 5.91 Å². The summed E-state index contributed by atoms with van der Waals surface area (Å²) in [4.78, 5) is 28.3. The second kappa shape index (κ2) is 10.5. The number of ketones is 1. The van der Waals surface area contributed by atoms with Crippen LogP contribution in [0.5, 0.6) is 0 Å². The molecule has 1 saturated carbocycles. The highest BCUT2D eigenvalue weighted by molar-refractivity contribution is 6.07. The number of carbonyl (C=O) groups is 2. The first-order chi connectivity index (χ1) is 16.3. The molecule has 0 unspecified atom stereocenters. The van der Waals surface area contributed by atoms with Gasteiger partial charge in [0.05, 0.1) is 5.56 Å². The minimum absolute atomic E-state index is 0.129. The Bertz CT molecular complexity index is 1030. The van der Waals surface area contributed by atoms with E-state index in [2.05, 4.69) is 0 Å². The lowest BCUT2D eigenvalue weighted by atomic mass is 9.84. The molecule has 0 atom stereocenters. The van der Waals surface area contributed by atoms with Crippen LogP contribution in [0.1, 0.15) is 59.5 Å². The Morgan fingerprint density at radius 1 is 0.824 bits per heavy atom. The molecule has 7 heteroatoms. The van der Waals surface area contributed by atoms with Crippen LogP contribution in [0, 0.1) is 0 Å².